The Morgan fingerprint density at radius 2 is 0.630 bits per heavy atom. The first kappa shape index (κ1) is 22.3. The van der Waals surface area contributed by atoms with Gasteiger partial charge in [0.1, 0.15) is 0 Å². The minimum atomic E-state index is -0.614. The molecule has 0 aliphatic carbocycles. The number of hydrogen-bond acceptors (Lipinski definition) is 0. The fraction of sp³-hybridized carbons (Fsp3) is 0.440. The number of rotatable bonds is 1. The zero-order valence-corrected chi connectivity index (χ0v) is 22.6. The minimum Gasteiger partial charge on any atom is -0.0670 e. The van der Waals surface area contributed by atoms with Gasteiger partial charge in [-0.2, -0.15) is 0 Å². The molecular weight excluding hydrogens is 515 g/mol. The van der Waals surface area contributed by atoms with Crippen molar-refractivity contribution in [1.29, 1.82) is 0 Å². The van der Waals surface area contributed by atoms with Gasteiger partial charge in [0.25, 0.3) is 0 Å². The summed E-state index contributed by atoms with van der Waals surface area (Å²) in [6.07, 6.45) is 0. The van der Waals surface area contributed by atoms with Crippen LogP contribution in [0.3, 0.4) is 0 Å². The molecule has 3 rings (SSSR count). The Labute approximate surface area is 181 Å². The van der Waals surface area contributed by atoms with Crippen LogP contribution in [0.2, 0.25) is 13.1 Å². The van der Waals surface area contributed by atoms with E-state index in [0.29, 0.717) is 0 Å². The van der Waals surface area contributed by atoms with E-state index in [0.717, 1.165) is 0 Å². The van der Waals surface area contributed by atoms with Crippen LogP contribution >= 0.6 is 0 Å². The predicted molar refractivity (Wildman–Crippen MR) is 121 cm³/mol. The number of benzene rings is 3. The maximum atomic E-state index is 2.46. The summed E-state index contributed by atoms with van der Waals surface area (Å²) in [6.45, 7) is 25.8. The summed E-state index contributed by atoms with van der Waals surface area (Å²) in [5.41, 5.74) is 13.3. The topological polar surface area (TPSA) is 0 Å². The van der Waals surface area contributed by atoms with E-state index in [2.05, 4.69) is 75.4 Å². The normalized spacial score (nSPS) is 11.6. The van der Waals surface area contributed by atoms with Crippen LogP contribution in [-0.4, -0.2) is 8.80 Å². The molecule has 27 heavy (non-hydrogen) atoms. The molecule has 3 aromatic rings. The van der Waals surface area contributed by atoms with Crippen LogP contribution in [0.4, 0.5) is 0 Å². The average molecular weight is 548 g/mol. The molecule has 0 aliphatic rings. The van der Waals surface area contributed by atoms with E-state index in [1.807, 2.05) is 0 Å². The third-order valence-corrected chi connectivity index (χ3v) is 8.62. The smallest absolute Gasteiger partial charge is 0.0670 e. The molecular formula is C25H33ReSi. The minimum absolute atomic E-state index is 0. The van der Waals surface area contributed by atoms with Crippen LogP contribution in [0.15, 0.2) is 0 Å². The molecule has 0 atom stereocenters. The van der Waals surface area contributed by atoms with E-state index in [9.17, 15) is 0 Å². The third-order valence-electron chi connectivity index (χ3n) is 7.12. The van der Waals surface area contributed by atoms with Gasteiger partial charge < -0.3 is 0 Å². The van der Waals surface area contributed by atoms with Gasteiger partial charge in [0.2, 0.25) is 0 Å². The SMILES string of the molecule is Cc1c(C)c(C)c2c([Si](C)C)c3c(C)c(C)c(C)c(C)c3c(C)c2c1C.[Re]. The van der Waals surface area contributed by atoms with Crippen LogP contribution in [0.25, 0.3) is 21.5 Å². The van der Waals surface area contributed by atoms with E-state index in [4.69, 9.17) is 0 Å². The van der Waals surface area contributed by atoms with Crippen molar-refractivity contribution < 1.29 is 20.4 Å². The predicted octanol–water partition coefficient (Wildman–Crippen LogP) is 6.73. The van der Waals surface area contributed by atoms with Crippen LogP contribution in [0.5, 0.6) is 0 Å². The molecule has 0 saturated heterocycles. The largest absolute Gasteiger partial charge is 0.0808 e. The second kappa shape index (κ2) is 7.47. The van der Waals surface area contributed by atoms with Crippen LogP contribution in [0.1, 0.15) is 50.1 Å². The summed E-state index contributed by atoms with van der Waals surface area (Å²) < 4.78 is 0. The van der Waals surface area contributed by atoms with Gasteiger partial charge in [0, 0.05) is 20.4 Å². The van der Waals surface area contributed by atoms with Crippen LogP contribution < -0.4 is 5.19 Å². The molecule has 0 aliphatic heterocycles. The van der Waals surface area contributed by atoms with E-state index in [1.165, 1.54) is 60.8 Å². The second-order valence-electron chi connectivity index (χ2n) is 8.50. The van der Waals surface area contributed by atoms with E-state index in [-0.39, 0.29) is 20.4 Å². The molecule has 0 fully saturated rings. The van der Waals surface area contributed by atoms with Gasteiger partial charge in [0.05, 0.1) is 8.80 Å². The zero-order chi connectivity index (χ0) is 19.7. The number of hydrogen-bond donors (Lipinski definition) is 0. The first-order valence-corrected chi connectivity index (χ1v) is 12.2. The van der Waals surface area contributed by atoms with Gasteiger partial charge in [-0.05, 0) is 139 Å². The van der Waals surface area contributed by atoms with Crippen molar-refractivity contribution in [2.45, 2.75) is 75.4 Å². The monoisotopic (exact) mass is 548 g/mol. The molecule has 144 valence electrons. The quantitative estimate of drug-likeness (QED) is 0.234. The van der Waals surface area contributed by atoms with Gasteiger partial charge in [-0.3, -0.25) is 0 Å². The molecule has 2 heteroatoms. The summed E-state index contributed by atoms with van der Waals surface area (Å²) in [5.74, 6) is 0. The van der Waals surface area contributed by atoms with Gasteiger partial charge in [0.15, 0.2) is 0 Å². The van der Waals surface area contributed by atoms with Crippen molar-refractivity contribution in [3.05, 3.63) is 50.1 Å². The molecule has 0 spiro atoms. The first-order chi connectivity index (χ1) is 12.0. The standard InChI is InChI=1S/C25H33Si.Re/c1-12-14(3)18(7)23-21(16(12)5)20(9)22-17(6)13(2)15(4)19(8)24(22)25(23)26(10)11;/h1-11H3;. The number of fused-ring (bicyclic) bond motifs is 2. The Hall–Kier alpha value is -0.941. The van der Waals surface area contributed by atoms with Gasteiger partial charge >= 0.3 is 0 Å². The molecule has 0 amide bonds. The van der Waals surface area contributed by atoms with Gasteiger partial charge in [-0.1, -0.05) is 13.1 Å². The molecule has 0 nitrogen and oxygen atoms in total. The summed E-state index contributed by atoms with van der Waals surface area (Å²) in [4.78, 5) is 0. The van der Waals surface area contributed by atoms with Crippen molar-refractivity contribution in [2.75, 3.05) is 0 Å². The molecule has 3 aromatic carbocycles. The maximum Gasteiger partial charge on any atom is 0.0808 e. The third kappa shape index (κ3) is 2.96. The van der Waals surface area contributed by atoms with E-state index >= 15 is 0 Å². The van der Waals surface area contributed by atoms with Crippen molar-refractivity contribution >= 4 is 35.5 Å². The fourth-order valence-corrected chi connectivity index (χ4v) is 6.56. The zero-order valence-electron chi connectivity index (χ0n) is 18.9. The Morgan fingerprint density at radius 1 is 0.370 bits per heavy atom. The summed E-state index contributed by atoms with van der Waals surface area (Å²) in [7, 11) is -0.614. The fourth-order valence-electron chi connectivity index (χ4n) is 4.94. The average Bonchev–Trinajstić information content (AvgIpc) is 2.59. The summed E-state index contributed by atoms with van der Waals surface area (Å²) >= 11 is 0. The molecule has 0 aromatic heterocycles. The second-order valence-corrected chi connectivity index (χ2v) is 11.0. The van der Waals surface area contributed by atoms with Crippen molar-refractivity contribution in [2.24, 2.45) is 0 Å². The molecule has 0 bridgehead atoms. The summed E-state index contributed by atoms with van der Waals surface area (Å²) in [6, 6.07) is 0. The number of aryl methyl sites for hydroxylation is 5. The Kier molecular flexibility index (Phi) is 6.19. The maximum absolute atomic E-state index is 2.46. The molecule has 0 unspecified atom stereocenters. The first-order valence-electron chi connectivity index (χ1n) is 9.75. The Bertz CT molecular complexity index is 1010. The molecule has 0 saturated carbocycles. The van der Waals surface area contributed by atoms with Gasteiger partial charge in [-0.15, -0.1) is 0 Å². The Balaban J connectivity index is 0.00000261. The van der Waals surface area contributed by atoms with Gasteiger partial charge in [-0.25, -0.2) is 0 Å². The molecule has 0 N–H and O–H groups in total. The summed E-state index contributed by atoms with van der Waals surface area (Å²) in [5, 5.41) is 7.80. The molecule has 0 heterocycles. The van der Waals surface area contributed by atoms with Crippen molar-refractivity contribution in [1.82, 2.24) is 0 Å². The van der Waals surface area contributed by atoms with Crippen molar-refractivity contribution in [3.8, 4) is 0 Å². The van der Waals surface area contributed by atoms with Crippen molar-refractivity contribution in [3.63, 3.8) is 0 Å². The molecule has 2 radical (unpaired) electrons. The van der Waals surface area contributed by atoms with E-state index < -0.39 is 8.80 Å². The van der Waals surface area contributed by atoms with Crippen LogP contribution in [-0.2, 0) is 20.4 Å². The van der Waals surface area contributed by atoms with Crippen LogP contribution in [0, 0.1) is 62.3 Å². The Morgan fingerprint density at radius 3 is 0.889 bits per heavy atom. The van der Waals surface area contributed by atoms with E-state index in [1.54, 1.807) is 16.0 Å².